The fraction of sp³-hybridized carbons (Fsp3) is 0.800. The van der Waals surface area contributed by atoms with E-state index in [2.05, 4.69) is 15.6 Å². The van der Waals surface area contributed by atoms with Gasteiger partial charge in [-0.2, -0.15) is 10.6 Å². The summed E-state index contributed by atoms with van der Waals surface area (Å²) in [5.74, 6) is 0.747. The number of nitrogens with one attached hydrogen (secondary N) is 4. The lowest BCUT2D eigenvalue weighted by Crippen LogP contribution is -3.26. The van der Waals surface area contributed by atoms with Crippen molar-refractivity contribution in [2.75, 3.05) is 13.3 Å². The average molecular weight is 209 g/mol. The number of hydrogen-bond donors (Lipinski definition) is 4. The number of nitrogens with zero attached hydrogens (tertiary/aromatic N) is 1. The van der Waals surface area contributed by atoms with Crippen LogP contribution in [-0.2, 0) is 0 Å². The highest BCUT2D eigenvalue weighted by Crippen LogP contribution is 2.14. The van der Waals surface area contributed by atoms with Gasteiger partial charge >= 0.3 is 5.96 Å². The van der Waals surface area contributed by atoms with Gasteiger partial charge in [-0.25, -0.2) is 10.3 Å². The van der Waals surface area contributed by atoms with E-state index in [1.807, 2.05) is 6.19 Å². The molecule has 1 heterocycles. The number of guanidine groups is 1. The summed E-state index contributed by atoms with van der Waals surface area (Å²) >= 11 is 0. The van der Waals surface area contributed by atoms with E-state index in [1.165, 1.54) is 32.1 Å². The Morgan fingerprint density at radius 2 is 2.20 bits per heavy atom. The molecule has 0 aromatic heterocycles. The topological polar surface area (TPSA) is 66.3 Å². The lowest BCUT2D eigenvalue weighted by molar-refractivity contribution is -1.00. The molecule has 1 saturated carbocycles. The van der Waals surface area contributed by atoms with Crippen molar-refractivity contribution < 1.29 is 9.89 Å². The summed E-state index contributed by atoms with van der Waals surface area (Å²) in [5, 5.41) is 14.3. The molecule has 5 heteroatoms. The molecule has 1 aliphatic heterocycles. The summed E-state index contributed by atoms with van der Waals surface area (Å²) < 4.78 is 0. The first-order chi connectivity index (χ1) is 7.40. The van der Waals surface area contributed by atoms with Gasteiger partial charge in [0.05, 0.1) is 6.04 Å². The van der Waals surface area contributed by atoms with Crippen LogP contribution in [0.3, 0.4) is 0 Å². The minimum absolute atomic E-state index is 0.747. The minimum Gasteiger partial charge on any atom is -0.274 e. The quantitative estimate of drug-likeness (QED) is 0.279. The highest BCUT2D eigenvalue weighted by Gasteiger charge is 2.28. The van der Waals surface area contributed by atoms with Gasteiger partial charge in [0.25, 0.3) is 6.19 Å². The van der Waals surface area contributed by atoms with E-state index in [4.69, 9.17) is 5.26 Å². The molecule has 1 unspecified atom stereocenters. The Hall–Kier alpha value is -1.28. The Labute approximate surface area is 90.2 Å². The second-order valence-corrected chi connectivity index (χ2v) is 4.31. The fourth-order valence-electron chi connectivity index (χ4n) is 2.47. The maximum atomic E-state index is 8.46. The summed E-state index contributed by atoms with van der Waals surface area (Å²) in [4.78, 5) is 4.77. The van der Waals surface area contributed by atoms with Crippen LogP contribution in [0.1, 0.15) is 32.1 Å². The van der Waals surface area contributed by atoms with E-state index in [1.54, 1.807) is 4.90 Å². The predicted octanol–water partition coefficient (Wildman–Crippen LogP) is -2.77. The molecule has 2 aliphatic rings. The first-order valence-corrected chi connectivity index (χ1v) is 5.74. The maximum absolute atomic E-state index is 8.46. The van der Waals surface area contributed by atoms with Crippen LogP contribution in [0.5, 0.6) is 0 Å². The van der Waals surface area contributed by atoms with Gasteiger partial charge in [0, 0.05) is 0 Å². The van der Waals surface area contributed by atoms with Crippen molar-refractivity contribution in [2.45, 2.75) is 38.1 Å². The molecule has 0 amide bonds. The first-order valence-electron chi connectivity index (χ1n) is 5.74. The van der Waals surface area contributed by atoms with Gasteiger partial charge in [-0.05, 0) is 25.7 Å². The first kappa shape index (κ1) is 10.2. The Kier molecular flexibility index (Phi) is 3.41. The molecular formula is C10H19N5+2. The largest absolute Gasteiger partial charge is 0.366 e. The van der Waals surface area contributed by atoms with Gasteiger partial charge in [-0.3, -0.25) is 4.90 Å². The molecule has 4 N–H and O–H groups in total. The Morgan fingerprint density at radius 1 is 1.40 bits per heavy atom. The molecule has 0 bridgehead atoms. The molecule has 82 valence electrons. The van der Waals surface area contributed by atoms with Crippen molar-refractivity contribution in [3.05, 3.63) is 0 Å². The van der Waals surface area contributed by atoms with Crippen molar-refractivity contribution in [3.8, 4) is 6.19 Å². The number of rotatable bonds is 1. The molecule has 0 spiro atoms. The van der Waals surface area contributed by atoms with Gasteiger partial charge in [-0.15, -0.1) is 0 Å². The van der Waals surface area contributed by atoms with Crippen molar-refractivity contribution in [3.63, 3.8) is 0 Å². The van der Waals surface area contributed by atoms with E-state index in [9.17, 15) is 0 Å². The van der Waals surface area contributed by atoms with Gasteiger partial charge in [0.1, 0.15) is 0 Å². The van der Waals surface area contributed by atoms with E-state index in [0.29, 0.717) is 0 Å². The van der Waals surface area contributed by atoms with Crippen LogP contribution in [0, 0.1) is 11.5 Å². The van der Waals surface area contributed by atoms with Crippen molar-refractivity contribution in [1.82, 2.24) is 10.6 Å². The van der Waals surface area contributed by atoms with E-state index < -0.39 is 0 Å². The Morgan fingerprint density at radius 3 is 2.80 bits per heavy atom. The summed E-state index contributed by atoms with van der Waals surface area (Å²) in [5.41, 5.74) is 0. The molecule has 15 heavy (non-hydrogen) atoms. The van der Waals surface area contributed by atoms with Crippen LogP contribution in [0.15, 0.2) is 0 Å². The van der Waals surface area contributed by atoms with Crippen LogP contribution in [0.25, 0.3) is 0 Å². The molecule has 2 rings (SSSR count). The van der Waals surface area contributed by atoms with Gasteiger partial charge in [-0.1, -0.05) is 6.42 Å². The summed E-state index contributed by atoms with van der Waals surface area (Å²) in [6.07, 6.45) is 8.76. The van der Waals surface area contributed by atoms with E-state index >= 15 is 0 Å². The molecule has 0 radical (unpaired) electrons. The predicted molar refractivity (Wildman–Crippen MR) is 55.4 cm³/mol. The molecule has 1 fully saturated rings. The third-order valence-corrected chi connectivity index (χ3v) is 3.35. The van der Waals surface area contributed by atoms with Crippen LogP contribution in [0.2, 0.25) is 0 Å². The third kappa shape index (κ3) is 2.60. The number of hydrogen-bond acceptors (Lipinski definition) is 3. The molecule has 0 aromatic rings. The monoisotopic (exact) mass is 209 g/mol. The third-order valence-electron chi connectivity index (χ3n) is 3.35. The normalized spacial score (nSPS) is 27.4. The highest BCUT2D eigenvalue weighted by atomic mass is 15.4. The lowest BCUT2D eigenvalue weighted by Gasteiger charge is -2.30. The van der Waals surface area contributed by atoms with Gasteiger partial charge in [0.2, 0.25) is 0 Å². The minimum atomic E-state index is 0.747. The zero-order valence-electron chi connectivity index (χ0n) is 8.97. The Bertz CT molecular complexity index is 274. The molecule has 0 aromatic carbocycles. The van der Waals surface area contributed by atoms with Crippen molar-refractivity contribution in [1.29, 1.82) is 5.26 Å². The number of nitriles is 1. The molecule has 1 atom stereocenters. The van der Waals surface area contributed by atoms with Crippen molar-refractivity contribution >= 4 is 5.96 Å². The molecule has 1 aliphatic carbocycles. The van der Waals surface area contributed by atoms with Crippen LogP contribution >= 0.6 is 0 Å². The zero-order valence-corrected chi connectivity index (χ0v) is 8.97. The lowest BCUT2D eigenvalue weighted by atomic mass is 9.94. The standard InChI is InChI=1S/C10H17N5/c11-6-12-10-13-7-15(8-14-10)9-4-2-1-3-5-9/h9H,1-5,7-8H2,(H2,12,13,14)/p+2. The second kappa shape index (κ2) is 4.99. The Balaban J connectivity index is 1.84. The average Bonchev–Trinajstić information content (AvgIpc) is 2.32. The highest BCUT2D eigenvalue weighted by molar-refractivity contribution is 5.75. The maximum Gasteiger partial charge on any atom is 0.366 e. The molecule has 5 nitrogen and oxygen atoms in total. The fourth-order valence-corrected chi connectivity index (χ4v) is 2.47. The van der Waals surface area contributed by atoms with Gasteiger partial charge < -0.3 is 0 Å². The SMILES string of the molecule is N#CNC1=[NH+]C[NH+](C2CCCCC2)CN1. The van der Waals surface area contributed by atoms with Crippen LogP contribution in [0.4, 0.5) is 0 Å². The summed E-state index contributed by atoms with van der Waals surface area (Å²) in [7, 11) is 0. The summed E-state index contributed by atoms with van der Waals surface area (Å²) in [6, 6.07) is 0.794. The molecule has 0 saturated heterocycles. The van der Waals surface area contributed by atoms with Crippen LogP contribution in [-0.4, -0.2) is 25.3 Å². The second-order valence-electron chi connectivity index (χ2n) is 4.31. The molecular weight excluding hydrogens is 190 g/mol. The van der Waals surface area contributed by atoms with E-state index in [-0.39, 0.29) is 0 Å². The van der Waals surface area contributed by atoms with Crippen LogP contribution < -0.4 is 20.5 Å². The number of quaternary nitrogens is 1. The van der Waals surface area contributed by atoms with E-state index in [0.717, 1.165) is 25.3 Å². The van der Waals surface area contributed by atoms with Gasteiger partial charge in [0.15, 0.2) is 13.3 Å². The smallest absolute Gasteiger partial charge is 0.274 e. The zero-order chi connectivity index (χ0) is 10.5. The van der Waals surface area contributed by atoms with Crippen molar-refractivity contribution in [2.24, 2.45) is 0 Å². The summed E-state index contributed by atoms with van der Waals surface area (Å²) in [6.45, 7) is 1.84.